The second kappa shape index (κ2) is 6.55. The molecule has 2 nitrogen and oxygen atoms in total. The smallest absolute Gasteiger partial charge is 0.221 e. The van der Waals surface area contributed by atoms with E-state index >= 15 is 0 Å². The number of hydrogen-bond acceptors (Lipinski definition) is 1. The van der Waals surface area contributed by atoms with Gasteiger partial charge in [0.05, 0.1) is 0 Å². The molecule has 0 aliphatic carbocycles. The van der Waals surface area contributed by atoms with Crippen LogP contribution in [0.4, 0.5) is 8.78 Å². The Bertz CT molecular complexity index is 378. The molecule has 0 radical (unpaired) electrons. The zero-order valence-corrected chi connectivity index (χ0v) is 10.2. The molecule has 0 saturated carbocycles. The van der Waals surface area contributed by atoms with Crippen LogP contribution in [-0.4, -0.2) is 17.8 Å². The highest BCUT2D eigenvalue weighted by atomic mass is 35.5. The van der Waals surface area contributed by atoms with Crippen LogP contribution in [0.3, 0.4) is 0 Å². The third kappa shape index (κ3) is 4.30. The van der Waals surface area contributed by atoms with Crippen LogP contribution in [0.5, 0.6) is 0 Å². The monoisotopic (exact) mass is 261 g/mol. The Kier molecular flexibility index (Phi) is 5.35. The van der Waals surface area contributed by atoms with Gasteiger partial charge in [0.15, 0.2) is 0 Å². The molecule has 94 valence electrons. The number of halogens is 3. The number of carbonyl (C=O) groups excluding carboxylic acids is 1. The van der Waals surface area contributed by atoms with Gasteiger partial charge < -0.3 is 5.32 Å². The molecule has 1 atom stereocenters. The number of amides is 1. The average molecular weight is 262 g/mol. The van der Waals surface area contributed by atoms with E-state index in [2.05, 4.69) is 5.32 Å². The lowest BCUT2D eigenvalue weighted by Crippen LogP contribution is -2.34. The van der Waals surface area contributed by atoms with Crippen LogP contribution in [0.25, 0.3) is 0 Å². The Morgan fingerprint density at radius 3 is 2.53 bits per heavy atom. The molecule has 1 unspecified atom stereocenters. The third-order valence-corrected chi connectivity index (χ3v) is 2.49. The molecule has 5 heteroatoms. The molecule has 0 spiro atoms. The van der Waals surface area contributed by atoms with Gasteiger partial charge in [-0.2, -0.15) is 0 Å². The van der Waals surface area contributed by atoms with Crippen molar-refractivity contribution in [3.63, 3.8) is 0 Å². The van der Waals surface area contributed by atoms with Crippen molar-refractivity contribution in [3.05, 3.63) is 35.4 Å². The van der Waals surface area contributed by atoms with Crippen LogP contribution in [0, 0.1) is 11.6 Å². The average Bonchev–Trinajstić information content (AvgIpc) is 2.24. The van der Waals surface area contributed by atoms with Crippen molar-refractivity contribution < 1.29 is 13.6 Å². The molecular formula is C12H14ClF2NO. The molecule has 1 aromatic rings. The summed E-state index contributed by atoms with van der Waals surface area (Å²) in [5.74, 6) is -1.18. The molecule has 0 aliphatic rings. The summed E-state index contributed by atoms with van der Waals surface area (Å²) >= 11 is 5.41. The lowest BCUT2D eigenvalue weighted by molar-refractivity contribution is -0.121. The van der Waals surface area contributed by atoms with Crippen molar-refractivity contribution in [2.24, 2.45) is 0 Å². The van der Waals surface area contributed by atoms with E-state index in [4.69, 9.17) is 11.6 Å². The molecule has 0 heterocycles. The van der Waals surface area contributed by atoms with E-state index in [0.29, 0.717) is 0 Å². The second-order valence-electron chi connectivity index (χ2n) is 3.81. The summed E-state index contributed by atoms with van der Waals surface area (Å²) in [4.78, 5) is 11.2. The lowest BCUT2D eigenvalue weighted by Gasteiger charge is -2.14. The van der Waals surface area contributed by atoms with Crippen LogP contribution >= 0.6 is 11.6 Å². The van der Waals surface area contributed by atoms with E-state index in [1.54, 1.807) is 6.92 Å². The van der Waals surface area contributed by atoms with Gasteiger partial charge in [0, 0.05) is 23.9 Å². The minimum absolute atomic E-state index is 0.00817. The maximum Gasteiger partial charge on any atom is 0.221 e. The van der Waals surface area contributed by atoms with Crippen LogP contribution in [0.15, 0.2) is 18.2 Å². The molecule has 0 bridgehead atoms. The third-order valence-electron chi connectivity index (χ3n) is 2.30. The Morgan fingerprint density at radius 1 is 1.41 bits per heavy atom. The standard InChI is InChI=1S/C12H14ClF2NO/c1-8(16-12(17)5-6-13)7-9-10(14)3-2-4-11(9)15/h2-4,8H,5-7H2,1H3,(H,16,17). The Balaban J connectivity index is 2.62. The summed E-state index contributed by atoms with van der Waals surface area (Å²) in [5.41, 5.74) is -0.00817. The van der Waals surface area contributed by atoms with Crippen molar-refractivity contribution >= 4 is 17.5 Å². The predicted molar refractivity (Wildman–Crippen MR) is 63.0 cm³/mol. The summed E-state index contributed by atoms with van der Waals surface area (Å²) in [7, 11) is 0. The fourth-order valence-electron chi connectivity index (χ4n) is 1.52. The summed E-state index contributed by atoms with van der Waals surface area (Å²) in [6, 6.07) is 3.37. The molecule has 0 aliphatic heterocycles. The van der Waals surface area contributed by atoms with Gasteiger partial charge in [-0.05, 0) is 25.5 Å². The molecule has 17 heavy (non-hydrogen) atoms. The van der Waals surface area contributed by atoms with Gasteiger partial charge >= 0.3 is 0 Å². The number of nitrogens with one attached hydrogen (secondary N) is 1. The van der Waals surface area contributed by atoms with E-state index in [9.17, 15) is 13.6 Å². The first-order valence-corrected chi connectivity index (χ1v) is 5.86. The zero-order chi connectivity index (χ0) is 12.8. The quantitative estimate of drug-likeness (QED) is 0.811. The number of alkyl halides is 1. The van der Waals surface area contributed by atoms with Gasteiger partial charge in [-0.25, -0.2) is 8.78 Å². The molecule has 1 N–H and O–H groups in total. The zero-order valence-electron chi connectivity index (χ0n) is 9.47. The summed E-state index contributed by atoms with van der Waals surface area (Å²) in [5, 5.41) is 2.63. The number of carbonyl (C=O) groups is 1. The predicted octanol–water partition coefficient (Wildman–Crippen LogP) is 2.64. The van der Waals surface area contributed by atoms with E-state index in [0.717, 1.165) is 0 Å². The Morgan fingerprint density at radius 2 is 2.00 bits per heavy atom. The van der Waals surface area contributed by atoms with Crippen molar-refractivity contribution in [3.8, 4) is 0 Å². The van der Waals surface area contributed by atoms with Crippen LogP contribution in [0.1, 0.15) is 18.9 Å². The van der Waals surface area contributed by atoms with Crippen molar-refractivity contribution in [2.45, 2.75) is 25.8 Å². The maximum atomic E-state index is 13.3. The highest BCUT2D eigenvalue weighted by molar-refractivity contribution is 6.18. The molecule has 0 aromatic heterocycles. The van der Waals surface area contributed by atoms with Gasteiger partial charge in [0.1, 0.15) is 11.6 Å². The van der Waals surface area contributed by atoms with Crippen molar-refractivity contribution in [1.82, 2.24) is 5.32 Å². The van der Waals surface area contributed by atoms with Crippen LogP contribution in [-0.2, 0) is 11.2 Å². The van der Waals surface area contributed by atoms with Crippen LogP contribution in [0.2, 0.25) is 0 Å². The first kappa shape index (κ1) is 13.9. The van der Waals surface area contributed by atoms with E-state index in [1.807, 2.05) is 0 Å². The molecule has 1 rings (SSSR count). The highest BCUT2D eigenvalue weighted by Gasteiger charge is 2.13. The first-order valence-electron chi connectivity index (χ1n) is 5.32. The topological polar surface area (TPSA) is 29.1 Å². The van der Waals surface area contributed by atoms with Gasteiger partial charge in [0.2, 0.25) is 5.91 Å². The molecule has 0 saturated heterocycles. The molecule has 0 fully saturated rings. The van der Waals surface area contributed by atoms with E-state index < -0.39 is 11.6 Å². The lowest BCUT2D eigenvalue weighted by atomic mass is 10.1. The minimum Gasteiger partial charge on any atom is -0.353 e. The minimum atomic E-state index is -0.594. The van der Waals surface area contributed by atoms with E-state index in [-0.39, 0.29) is 36.2 Å². The van der Waals surface area contributed by atoms with Gasteiger partial charge in [-0.15, -0.1) is 11.6 Å². The van der Waals surface area contributed by atoms with Crippen molar-refractivity contribution in [2.75, 3.05) is 5.88 Å². The van der Waals surface area contributed by atoms with Gasteiger partial charge in [-0.3, -0.25) is 4.79 Å². The summed E-state index contributed by atoms with van der Waals surface area (Å²) in [6.45, 7) is 1.69. The Labute approximate surface area is 104 Å². The Hall–Kier alpha value is -1.16. The van der Waals surface area contributed by atoms with Crippen LogP contribution < -0.4 is 5.32 Å². The number of benzene rings is 1. The molecule has 1 aromatic carbocycles. The molecule has 1 amide bonds. The largest absolute Gasteiger partial charge is 0.353 e. The SMILES string of the molecule is CC(Cc1c(F)cccc1F)NC(=O)CCCl. The molecular weight excluding hydrogens is 248 g/mol. The first-order chi connectivity index (χ1) is 8.04. The number of rotatable bonds is 5. The summed E-state index contributed by atoms with van der Waals surface area (Å²) < 4.78 is 26.6. The highest BCUT2D eigenvalue weighted by Crippen LogP contribution is 2.14. The fraction of sp³-hybridized carbons (Fsp3) is 0.417. The number of hydrogen-bond donors (Lipinski definition) is 1. The van der Waals surface area contributed by atoms with E-state index in [1.165, 1.54) is 18.2 Å². The van der Waals surface area contributed by atoms with Crippen molar-refractivity contribution in [1.29, 1.82) is 0 Å². The van der Waals surface area contributed by atoms with Gasteiger partial charge in [-0.1, -0.05) is 6.07 Å². The fourth-order valence-corrected chi connectivity index (χ4v) is 1.69. The maximum absolute atomic E-state index is 13.3. The summed E-state index contributed by atoms with van der Waals surface area (Å²) in [6.07, 6.45) is 0.318. The normalized spacial score (nSPS) is 12.2. The second-order valence-corrected chi connectivity index (χ2v) is 4.19. The van der Waals surface area contributed by atoms with Gasteiger partial charge in [0.25, 0.3) is 0 Å².